The summed E-state index contributed by atoms with van der Waals surface area (Å²) in [6, 6.07) is 0. The first-order chi connectivity index (χ1) is 7.35. The standard InChI is InChI=1S/C12H27NO2/c1-2-8-13(10-7-12-15)9-5-3-4-6-11-14/h14-15H,2-12H2,1H3. The number of aliphatic hydroxyl groups is 2. The fourth-order valence-electron chi connectivity index (χ4n) is 1.75. The lowest BCUT2D eigenvalue weighted by Gasteiger charge is -2.20. The third-order valence-electron chi connectivity index (χ3n) is 2.55. The molecule has 0 amide bonds. The van der Waals surface area contributed by atoms with Crippen molar-refractivity contribution in [2.75, 3.05) is 32.8 Å². The normalized spacial score (nSPS) is 11.2. The van der Waals surface area contributed by atoms with E-state index in [2.05, 4.69) is 11.8 Å². The fraction of sp³-hybridized carbons (Fsp3) is 1.00. The average Bonchev–Trinajstić information content (AvgIpc) is 2.25. The molecular formula is C12H27NO2. The first kappa shape index (κ1) is 14.9. The lowest BCUT2D eigenvalue weighted by molar-refractivity contribution is 0.219. The molecule has 0 saturated heterocycles. The molecule has 0 bridgehead atoms. The van der Waals surface area contributed by atoms with Gasteiger partial charge in [0.2, 0.25) is 0 Å². The van der Waals surface area contributed by atoms with E-state index in [1.54, 1.807) is 0 Å². The highest BCUT2D eigenvalue weighted by atomic mass is 16.3. The van der Waals surface area contributed by atoms with Crippen molar-refractivity contribution in [2.24, 2.45) is 0 Å². The Labute approximate surface area is 94.1 Å². The summed E-state index contributed by atoms with van der Waals surface area (Å²) in [7, 11) is 0. The molecule has 0 rings (SSSR count). The van der Waals surface area contributed by atoms with Crippen molar-refractivity contribution in [1.29, 1.82) is 0 Å². The molecule has 0 radical (unpaired) electrons. The molecule has 0 heterocycles. The summed E-state index contributed by atoms with van der Waals surface area (Å²) in [6.45, 7) is 6.11. The van der Waals surface area contributed by atoms with Crippen LogP contribution >= 0.6 is 0 Å². The van der Waals surface area contributed by atoms with Crippen molar-refractivity contribution >= 4 is 0 Å². The van der Waals surface area contributed by atoms with E-state index >= 15 is 0 Å². The SMILES string of the molecule is CCCN(CCCO)CCCCCCO. The molecule has 3 heteroatoms. The Bertz CT molecular complexity index is 120. The van der Waals surface area contributed by atoms with Crippen LogP contribution in [0, 0.1) is 0 Å². The molecule has 0 aliphatic heterocycles. The smallest absolute Gasteiger partial charge is 0.0443 e. The van der Waals surface area contributed by atoms with Gasteiger partial charge in [0, 0.05) is 19.8 Å². The molecule has 92 valence electrons. The molecule has 0 aromatic heterocycles. The molecule has 0 saturated carbocycles. The molecule has 0 unspecified atom stereocenters. The van der Waals surface area contributed by atoms with Gasteiger partial charge in [0.05, 0.1) is 0 Å². The van der Waals surface area contributed by atoms with Gasteiger partial charge < -0.3 is 15.1 Å². The number of aliphatic hydroxyl groups excluding tert-OH is 2. The maximum absolute atomic E-state index is 8.77. The van der Waals surface area contributed by atoms with Crippen LogP contribution < -0.4 is 0 Å². The van der Waals surface area contributed by atoms with Crippen molar-refractivity contribution in [1.82, 2.24) is 4.90 Å². The molecule has 0 aliphatic carbocycles. The minimum Gasteiger partial charge on any atom is -0.396 e. The van der Waals surface area contributed by atoms with Crippen LogP contribution in [0.4, 0.5) is 0 Å². The van der Waals surface area contributed by atoms with Gasteiger partial charge in [-0.3, -0.25) is 0 Å². The van der Waals surface area contributed by atoms with Crippen molar-refractivity contribution in [3.63, 3.8) is 0 Å². The van der Waals surface area contributed by atoms with Gasteiger partial charge in [0.25, 0.3) is 0 Å². The zero-order valence-electron chi connectivity index (χ0n) is 10.1. The Hall–Kier alpha value is -0.120. The predicted octanol–water partition coefficient (Wildman–Crippen LogP) is 1.63. The molecule has 2 N–H and O–H groups in total. The summed E-state index contributed by atoms with van der Waals surface area (Å²) >= 11 is 0. The number of rotatable bonds is 11. The zero-order chi connectivity index (χ0) is 11.4. The average molecular weight is 217 g/mol. The van der Waals surface area contributed by atoms with E-state index < -0.39 is 0 Å². The Balaban J connectivity index is 3.38. The maximum atomic E-state index is 8.77. The van der Waals surface area contributed by atoms with E-state index in [0.29, 0.717) is 13.2 Å². The van der Waals surface area contributed by atoms with Crippen molar-refractivity contribution < 1.29 is 10.2 Å². The number of hydrogen-bond acceptors (Lipinski definition) is 3. The highest BCUT2D eigenvalue weighted by Crippen LogP contribution is 2.02. The third kappa shape index (κ3) is 10.2. The Morgan fingerprint density at radius 1 is 0.733 bits per heavy atom. The summed E-state index contributed by atoms with van der Waals surface area (Å²) in [4.78, 5) is 2.43. The largest absolute Gasteiger partial charge is 0.396 e. The highest BCUT2D eigenvalue weighted by Gasteiger charge is 2.02. The van der Waals surface area contributed by atoms with Crippen molar-refractivity contribution in [3.8, 4) is 0 Å². The Kier molecular flexibility index (Phi) is 11.9. The first-order valence-corrected chi connectivity index (χ1v) is 6.29. The van der Waals surface area contributed by atoms with E-state index in [1.807, 2.05) is 0 Å². The highest BCUT2D eigenvalue weighted by molar-refractivity contribution is 4.57. The second-order valence-corrected chi connectivity index (χ2v) is 4.06. The van der Waals surface area contributed by atoms with Crippen LogP contribution in [0.15, 0.2) is 0 Å². The lowest BCUT2D eigenvalue weighted by Crippen LogP contribution is -2.27. The molecule has 0 fully saturated rings. The summed E-state index contributed by atoms with van der Waals surface area (Å²) in [5.74, 6) is 0. The predicted molar refractivity (Wildman–Crippen MR) is 64.0 cm³/mol. The van der Waals surface area contributed by atoms with Gasteiger partial charge in [-0.05, 0) is 38.8 Å². The molecule has 0 aromatic rings. The minimum absolute atomic E-state index is 0.296. The fourth-order valence-corrected chi connectivity index (χ4v) is 1.75. The molecule has 0 aliphatic rings. The van der Waals surface area contributed by atoms with Crippen LogP contribution in [0.3, 0.4) is 0 Å². The second kappa shape index (κ2) is 12.0. The summed E-state index contributed by atoms with van der Waals surface area (Å²) < 4.78 is 0. The third-order valence-corrected chi connectivity index (χ3v) is 2.55. The number of nitrogens with zero attached hydrogens (tertiary/aromatic N) is 1. The second-order valence-electron chi connectivity index (χ2n) is 4.06. The molecule has 0 atom stereocenters. The van der Waals surface area contributed by atoms with Gasteiger partial charge in [0.1, 0.15) is 0 Å². The van der Waals surface area contributed by atoms with Crippen LogP contribution in [0.2, 0.25) is 0 Å². The van der Waals surface area contributed by atoms with Crippen molar-refractivity contribution in [2.45, 2.75) is 45.4 Å². The molecule has 3 nitrogen and oxygen atoms in total. The van der Waals surface area contributed by atoms with E-state index in [-0.39, 0.29) is 0 Å². The molecule has 15 heavy (non-hydrogen) atoms. The summed E-state index contributed by atoms with van der Waals surface area (Å²) in [5.41, 5.74) is 0. The van der Waals surface area contributed by atoms with Crippen LogP contribution in [0.1, 0.15) is 45.4 Å². The zero-order valence-corrected chi connectivity index (χ0v) is 10.1. The molecule has 0 spiro atoms. The summed E-state index contributed by atoms with van der Waals surface area (Å²) in [6.07, 6.45) is 6.56. The molecular weight excluding hydrogens is 190 g/mol. The van der Waals surface area contributed by atoms with Crippen molar-refractivity contribution in [3.05, 3.63) is 0 Å². The van der Waals surface area contributed by atoms with Gasteiger partial charge in [-0.15, -0.1) is 0 Å². The van der Waals surface area contributed by atoms with E-state index in [0.717, 1.165) is 38.9 Å². The van der Waals surface area contributed by atoms with Crippen LogP contribution in [-0.4, -0.2) is 48.0 Å². The Morgan fingerprint density at radius 2 is 1.33 bits per heavy atom. The van der Waals surface area contributed by atoms with E-state index in [1.165, 1.54) is 19.3 Å². The maximum Gasteiger partial charge on any atom is 0.0443 e. The molecule has 0 aromatic carbocycles. The van der Waals surface area contributed by atoms with Gasteiger partial charge in [-0.25, -0.2) is 0 Å². The quantitative estimate of drug-likeness (QED) is 0.517. The minimum atomic E-state index is 0.296. The van der Waals surface area contributed by atoms with Crippen LogP contribution in [0.25, 0.3) is 0 Å². The van der Waals surface area contributed by atoms with Crippen LogP contribution in [-0.2, 0) is 0 Å². The van der Waals surface area contributed by atoms with Gasteiger partial charge in [0.15, 0.2) is 0 Å². The topological polar surface area (TPSA) is 43.7 Å². The van der Waals surface area contributed by atoms with Crippen LogP contribution in [0.5, 0.6) is 0 Å². The lowest BCUT2D eigenvalue weighted by atomic mass is 10.2. The van der Waals surface area contributed by atoms with E-state index in [4.69, 9.17) is 10.2 Å². The number of unbranched alkanes of at least 4 members (excludes halogenated alkanes) is 3. The van der Waals surface area contributed by atoms with Gasteiger partial charge in [-0.2, -0.15) is 0 Å². The monoisotopic (exact) mass is 217 g/mol. The van der Waals surface area contributed by atoms with E-state index in [9.17, 15) is 0 Å². The number of hydrogen-bond donors (Lipinski definition) is 2. The van der Waals surface area contributed by atoms with Gasteiger partial charge >= 0.3 is 0 Å². The Morgan fingerprint density at radius 3 is 1.93 bits per heavy atom. The van der Waals surface area contributed by atoms with Gasteiger partial charge in [-0.1, -0.05) is 19.8 Å². The summed E-state index contributed by atoms with van der Waals surface area (Å²) in [5, 5.41) is 17.4. The first-order valence-electron chi connectivity index (χ1n) is 6.29.